The summed E-state index contributed by atoms with van der Waals surface area (Å²) in [5, 5.41) is 0. The van der Waals surface area contributed by atoms with Crippen LogP contribution in [-0.4, -0.2) is 29.9 Å². The van der Waals surface area contributed by atoms with Crippen LogP contribution in [0.4, 0.5) is 0 Å². The molecule has 15 heteroatoms. The largest absolute Gasteiger partial charge is 0.295 e. The molecule has 21 heavy (non-hydrogen) atoms. The zero-order chi connectivity index (χ0) is 17.7. The van der Waals surface area contributed by atoms with Crippen molar-refractivity contribution in [3.63, 3.8) is 0 Å². The lowest BCUT2D eigenvalue weighted by Crippen LogP contribution is -2.61. The standard InChI is InChI=1S/C6H3Br11O3S/c1-20-21(18,19)6(16,17)4(11,12)2(7,8)3(9,10)5(13,14)15/h1H3. The van der Waals surface area contributed by atoms with Gasteiger partial charge in [0.2, 0.25) is 2.57 Å². The van der Waals surface area contributed by atoms with Crippen LogP contribution in [-0.2, 0) is 14.3 Å². The van der Waals surface area contributed by atoms with E-state index < -0.39 is 24.5 Å². The van der Waals surface area contributed by atoms with Crippen LogP contribution in [0.25, 0.3) is 0 Å². The molecule has 0 rings (SSSR count). The molecule has 0 atom stereocenters. The Balaban J connectivity index is 6.27. The number of halogens is 11. The van der Waals surface area contributed by atoms with Crippen LogP contribution in [0.2, 0.25) is 0 Å². The van der Waals surface area contributed by atoms with Gasteiger partial charge < -0.3 is 0 Å². The van der Waals surface area contributed by atoms with Crippen molar-refractivity contribution in [3.8, 4) is 0 Å². The van der Waals surface area contributed by atoms with E-state index in [9.17, 15) is 8.42 Å². The van der Waals surface area contributed by atoms with E-state index >= 15 is 0 Å². The van der Waals surface area contributed by atoms with Gasteiger partial charge in [-0.2, -0.15) is 8.42 Å². The van der Waals surface area contributed by atoms with Crippen molar-refractivity contribution in [1.29, 1.82) is 0 Å². The molecule has 0 aliphatic rings. The maximum Gasteiger partial charge on any atom is 0.295 e. The van der Waals surface area contributed by atoms with Crippen molar-refractivity contribution in [2.45, 2.75) is 14.4 Å². The summed E-state index contributed by atoms with van der Waals surface area (Å²) in [5.41, 5.74) is 0. The molecule has 3 nitrogen and oxygen atoms in total. The molecule has 0 N–H and O–H groups in total. The lowest BCUT2D eigenvalue weighted by molar-refractivity contribution is 0.391. The fourth-order valence-corrected chi connectivity index (χ4v) is 11.3. The molecule has 0 unspecified atom stereocenters. The third kappa shape index (κ3) is 4.79. The highest BCUT2D eigenvalue weighted by molar-refractivity contribution is 9.42. The molecule has 0 saturated carbocycles. The summed E-state index contributed by atoms with van der Waals surface area (Å²) in [7, 11) is -2.99. The van der Waals surface area contributed by atoms with E-state index in [2.05, 4.69) is 179 Å². The third-order valence-corrected chi connectivity index (χ3v) is 26.0. The molecule has 0 amide bonds. The van der Waals surface area contributed by atoms with Crippen LogP contribution >= 0.6 is 175 Å². The predicted octanol–water partition coefficient (Wildman–Crippen LogP) is 7.70. The van der Waals surface area contributed by atoms with E-state index in [-0.39, 0.29) is 0 Å². The summed E-state index contributed by atoms with van der Waals surface area (Å²) >= 11 is 37.1. The van der Waals surface area contributed by atoms with E-state index in [1.165, 1.54) is 0 Å². The summed E-state index contributed by atoms with van der Waals surface area (Å²) in [6, 6.07) is 0. The number of hydrogen-bond donors (Lipinski definition) is 0. The zero-order valence-corrected chi connectivity index (χ0v) is 27.6. The van der Waals surface area contributed by atoms with Crippen LogP contribution in [0.1, 0.15) is 0 Å². The van der Waals surface area contributed by atoms with Gasteiger partial charge in [-0.15, -0.1) is 0 Å². The zero-order valence-electron chi connectivity index (χ0n) is 9.29. The summed E-state index contributed by atoms with van der Waals surface area (Å²) in [5.74, 6) is 0. The van der Waals surface area contributed by atoms with Gasteiger partial charge in [-0.3, -0.25) is 4.18 Å². The summed E-state index contributed by atoms with van der Waals surface area (Å²) < 4.78 is 22.8. The minimum Gasteiger partial charge on any atom is -0.272 e. The molecule has 0 aliphatic heterocycles. The van der Waals surface area contributed by atoms with Gasteiger partial charge in [0.05, 0.1) is 7.11 Å². The third-order valence-electron chi connectivity index (χ3n) is 2.04. The van der Waals surface area contributed by atoms with Crippen molar-refractivity contribution < 1.29 is 12.6 Å². The van der Waals surface area contributed by atoms with Gasteiger partial charge in [-0.25, -0.2) is 0 Å². The van der Waals surface area contributed by atoms with E-state index in [4.69, 9.17) is 0 Å². The Morgan fingerprint density at radius 3 is 1.24 bits per heavy atom. The molecule has 0 bridgehead atoms. The molecule has 0 aromatic rings. The molecule has 0 aliphatic carbocycles. The van der Waals surface area contributed by atoms with Crippen molar-refractivity contribution in [2.24, 2.45) is 0 Å². The first kappa shape index (κ1) is 26.2. The predicted molar refractivity (Wildman–Crippen MR) is 128 cm³/mol. The highest BCUT2D eigenvalue weighted by Gasteiger charge is 2.73. The highest BCUT2D eigenvalue weighted by Crippen LogP contribution is 2.72. The first-order valence-electron chi connectivity index (χ1n) is 4.19. The fraction of sp³-hybridized carbons (Fsp3) is 1.00. The summed E-state index contributed by atoms with van der Waals surface area (Å²) in [6.45, 7) is 0. The SMILES string of the molecule is COS(=O)(=O)C(Br)(Br)C(Br)(Br)C(Br)(Br)C(Br)(Br)C(Br)(Br)Br. The van der Waals surface area contributed by atoms with E-state index in [0.29, 0.717) is 0 Å². The lowest BCUT2D eigenvalue weighted by atomic mass is 10.2. The second-order valence-electron chi connectivity index (χ2n) is 3.36. The molecule has 0 spiro atoms. The lowest BCUT2D eigenvalue weighted by Gasteiger charge is -2.50. The monoisotopic (exact) mass is 1020 g/mol. The quantitative estimate of drug-likeness (QED) is 0.210. The van der Waals surface area contributed by atoms with Crippen molar-refractivity contribution in [1.82, 2.24) is 0 Å². The Morgan fingerprint density at radius 1 is 0.667 bits per heavy atom. The van der Waals surface area contributed by atoms with Crippen LogP contribution < -0.4 is 0 Å². The first-order chi connectivity index (χ1) is 8.81. The Hall–Kier alpha value is 5.19. The molecular weight excluding hydrogens is 1030 g/mol. The Kier molecular flexibility index (Phi) is 10.3. The maximum absolute atomic E-state index is 12.2. The van der Waals surface area contributed by atoms with Crippen LogP contribution in [0.3, 0.4) is 0 Å². The number of alkyl halides is 11. The topological polar surface area (TPSA) is 43.4 Å². The van der Waals surface area contributed by atoms with Gasteiger partial charge in [-0.1, -0.05) is 143 Å². The van der Waals surface area contributed by atoms with Crippen LogP contribution in [0.5, 0.6) is 0 Å². The van der Waals surface area contributed by atoms with E-state index in [0.717, 1.165) is 7.11 Å². The molecule has 128 valence electrons. The molecule has 0 aromatic carbocycles. The first-order valence-corrected chi connectivity index (χ1v) is 14.3. The average molecular weight is 1030 g/mol. The Labute approximate surface area is 215 Å². The second kappa shape index (κ2) is 8.28. The molecule has 0 radical (unpaired) electrons. The van der Waals surface area contributed by atoms with E-state index in [1.54, 1.807) is 0 Å². The summed E-state index contributed by atoms with van der Waals surface area (Å²) in [6.07, 6.45) is 0. The van der Waals surface area contributed by atoms with Crippen molar-refractivity contribution in [3.05, 3.63) is 0 Å². The van der Waals surface area contributed by atoms with Crippen molar-refractivity contribution >= 4 is 185 Å². The number of rotatable bonds is 5. The molecule has 0 saturated heterocycles. The fourth-order valence-electron chi connectivity index (χ4n) is 0.820. The molecular formula is C6H3Br11O3S. The van der Waals surface area contributed by atoms with Gasteiger partial charge in [0.1, 0.15) is 9.70 Å². The van der Waals surface area contributed by atoms with Gasteiger partial charge in [0, 0.05) is 0 Å². The summed E-state index contributed by atoms with van der Waals surface area (Å²) in [4.78, 5) is 0. The highest BCUT2D eigenvalue weighted by atomic mass is 80.0. The number of hydrogen-bond acceptors (Lipinski definition) is 3. The van der Waals surface area contributed by atoms with E-state index in [1.807, 2.05) is 0 Å². The van der Waals surface area contributed by atoms with Crippen LogP contribution in [0, 0.1) is 0 Å². The van der Waals surface area contributed by atoms with Gasteiger partial charge >= 0.3 is 0 Å². The van der Waals surface area contributed by atoms with Gasteiger partial charge in [0.25, 0.3) is 10.1 Å². The van der Waals surface area contributed by atoms with Gasteiger partial charge in [0.15, 0.2) is 2.14 Å². The van der Waals surface area contributed by atoms with Crippen LogP contribution in [0.15, 0.2) is 0 Å². The second-order valence-corrected chi connectivity index (χ2v) is 26.8. The normalized spacial score (nSPS) is 16.2. The average Bonchev–Trinajstić information content (AvgIpc) is 2.26. The molecule has 0 aromatic heterocycles. The molecule has 0 heterocycles. The maximum atomic E-state index is 12.2. The molecule has 0 fully saturated rings. The Bertz CT molecular complexity index is 491. The smallest absolute Gasteiger partial charge is 0.272 e. The minimum absolute atomic E-state index is 0.882. The Morgan fingerprint density at radius 2 is 1.00 bits per heavy atom. The van der Waals surface area contributed by atoms with Crippen molar-refractivity contribution in [2.75, 3.05) is 7.11 Å². The minimum atomic E-state index is -4.05. The van der Waals surface area contributed by atoms with Gasteiger partial charge in [-0.05, 0) is 31.9 Å².